The number of nitrogens with zero attached hydrogens (tertiary/aromatic N) is 2. The van der Waals surface area contributed by atoms with E-state index in [2.05, 4.69) is 20.6 Å². The van der Waals surface area contributed by atoms with Gasteiger partial charge in [0.05, 0.1) is 28.5 Å². The second-order valence-electron chi connectivity index (χ2n) is 7.97. The van der Waals surface area contributed by atoms with Gasteiger partial charge in [0.2, 0.25) is 17.7 Å². The molecule has 3 N–H and O–H groups in total. The summed E-state index contributed by atoms with van der Waals surface area (Å²) in [6.07, 6.45) is 0.0426. The zero-order chi connectivity index (χ0) is 22.0. The maximum Gasteiger partial charge on any atom is 0.244 e. The lowest BCUT2D eigenvalue weighted by atomic mass is 10.0. The molecule has 3 aromatic rings. The Balaban J connectivity index is 1.41. The number of H-pyrrole nitrogens is 1. The van der Waals surface area contributed by atoms with E-state index in [0.29, 0.717) is 17.2 Å². The molecule has 8 nitrogen and oxygen atoms in total. The number of anilines is 2. The van der Waals surface area contributed by atoms with Gasteiger partial charge in [-0.1, -0.05) is 38.1 Å². The molecule has 1 aliphatic rings. The first-order chi connectivity index (χ1) is 14.9. The van der Waals surface area contributed by atoms with Crippen molar-refractivity contribution < 1.29 is 14.4 Å². The smallest absolute Gasteiger partial charge is 0.244 e. The molecule has 31 heavy (non-hydrogen) atoms. The molecular weight excluding hydrogens is 394 g/mol. The Labute approximate surface area is 180 Å². The van der Waals surface area contributed by atoms with Crippen LogP contribution in [0.4, 0.5) is 11.4 Å². The molecule has 3 amide bonds. The second kappa shape index (κ2) is 8.59. The van der Waals surface area contributed by atoms with E-state index in [9.17, 15) is 14.4 Å². The zero-order valence-electron chi connectivity index (χ0n) is 17.5. The van der Waals surface area contributed by atoms with Crippen LogP contribution < -0.4 is 15.5 Å². The molecule has 1 aromatic heterocycles. The van der Waals surface area contributed by atoms with Crippen molar-refractivity contribution in [3.8, 4) is 0 Å². The van der Waals surface area contributed by atoms with E-state index in [4.69, 9.17) is 0 Å². The molecule has 0 saturated heterocycles. The summed E-state index contributed by atoms with van der Waals surface area (Å²) < 4.78 is 0. The Morgan fingerprint density at radius 1 is 1.10 bits per heavy atom. The summed E-state index contributed by atoms with van der Waals surface area (Å²) in [7, 11) is 0. The van der Waals surface area contributed by atoms with Gasteiger partial charge in [-0.25, -0.2) is 4.98 Å². The van der Waals surface area contributed by atoms with Crippen molar-refractivity contribution in [1.82, 2.24) is 15.3 Å². The van der Waals surface area contributed by atoms with Gasteiger partial charge < -0.3 is 20.5 Å². The van der Waals surface area contributed by atoms with Crippen molar-refractivity contribution in [1.29, 1.82) is 0 Å². The number of amides is 3. The lowest BCUT2D eigenvalue weighted by Crippen LogP contribution is -2.42. The van der Waals surface area contributed by atoms with Crippen LogP contribution in [0, 0.1) is 5.92 Å². The van der Waals surface area contributed by atoms with Gasteiger partial charge in [0.15, 0.2) is 0 Å². The number of hydrogen-bond donors (Lipinski definition) is 3. The van der Waals surface area contributed by atoms with Crippen LogP contribution in [0.2, 0.25) is 0 Å². The predicted molar refractivity (Wildman–Crippen MR) is 118 cm³/mol. The number of nitrogens with one attached hydrogen (secondary N) is 3. The third-order valence-corrected chi connectivity index (χ3v) is 5.32. The largest absolute Gasteiger partial charge is 0.346 e. The molecule has 0 aliphatic carbocycles. The lowest BCUT2D eigenvalue weighted by Gasteiger charge is -2.29. The molecule has 1 atom stereocenters. The molecule has 0 saturated carbocycles. The van der Waals surface area contributed by atoms with Crippen LogP contribution in [-0.4, -0.2) is 34.2 Å². The highest BCUT2D eigenvalue weighted by molar-refractivity contribution is 6.10. The van der Waals surface area contributed by atoms with Gasteiger partial charge in [0.25, 0.3) is 0 Å². The molecule has 4 rings (SSSR count). The third-order valence-electron chi connectivity index (χ3n) is 5.32. The van der Waals surface area contributed by atoms with Crippen molar-refractivity contribution in [2.75, 3.05) is 16.8 Å². The summed E-state index contributed by atoms with van der Waals surface area (Å²) in [4.78, 5) is 46.6. The molecule has 8 heteroatoms. The molecular formula is C23H25N5O3. The summed E-state index contributed by atoms with van der Waals surface area (Å²) in [5, 5.41) is 5.75. The predicted octanol–water partition coefficient (Wildman–Crippen LogP) is 3.14. The number of aromatic nitrogens is 2. The highest BCUT2D eigenvalue weighted by Gasteiger charge is 2.27. The molecule has 2 heterocycles. The van der Waals surface area contributed by atoms with Crippen molar-refractivity contribution in [2.24, 2.45) is 5.92 Å². The summed E-state index contributed by atoms with van der Waals surface area (Å²) in [6, 6.07) is 14.5. The number of carbonyl (C=O) groups excluding carboxylic acids is 3. The zero-order valence-corrected chi connectivity index (χ0v) is 17.5. The van der Waals surface area contributed by atoms with Crippen molar-refractivity contribution in [3.05, 3.63) is 54.4 Å². The van der Waals surface area contributed by atoms with E-state index in [1.54, 1.807) is 18.2 Å². The molecule has 2 aromatic carbocycles. The summed E-state index contributed by atoms with van der Waals surface area (Å²) in [5.74, 6) is 0.0566. The van der Waals surface area contributed by atoms with E-state index < -0.39 is 0 Å². The fraction of sp³-hybridized carbons (Fsp3) is 0.304. The maximum absolute atomic E-state index is 12.8. The number of hydrogen-bond acceptors (Lipinski definition) is 4. The minimum atomic E-state index is -0.295. The SMILES string of the molecule is CC(C)C(NC(=O)CCC(=O)N1CC(=O)Nc2ccccc21)c1nc2ccccc2[nH]1. The minimum Gasteiger partial charge on any atom is -0.346 e. The maximum atomic E-state index is 12.8. The normalized spacial score (nSPS) is 14.3. The Morgan fingerprint density at radius 2 is 1.84 bits per heavy atom. The third kappa shape index (κ3) is 4.42. The van der Waals surface area contributed by atoms with E-state index in [-0.39, 0.29) is 49.1 Å². The first kappa shape index (κ1) is 20.6. The number of aromatic amines is 1. The Hall–Kier alpha value is -3.68. The van der Waals surface area contributed by atoms with Crippen molar-refractivity contribution in [3.63, 3.8) is 0 Å². The van der Waals surface area contributed by atoms with Crippen molar-refractivity contribution >= 4 is 40.1 Å². The Morgan fingerprint density at radius 3 is 2.61 bits per heavy atom. The molecule has 1 aliphatic heterocycles. The first-order valence-corrected chi connectivity index (χ1v) is 10.4. The van der Waals surface area contributed by atoms with Gasteiger partial charge in [-0.3, -0.25) is 14.4 Å². The fourth-order valence-electron chi connectivity index (χ4n) is 3.73. The van der Waals surface area contributed by atoms with Crippen LogP contribution in [-0.2, 0) is 14.4 Å². The highest BCUT2D eigenvalue weighted by atomic mass is 16.2. The monoisotopic (exact) mass is 419 g/mol. The first-order valence-electron chi connectivity index (χ1n) is 10.4. The number of fused-ring (bicyclic) bond motifs is 2. The fourth-order valence-corrected chi connectivity index (χ4v) is 3.73. The van der Waals surface area contributed by atoms with Crippen LogP contribution in [0.3, 0.4) is 0 Å². The number of benzene rings is 2. The van der Waals surface area contributed by atoms with Crippen LogP contribution >= 0.6 is 0 Å². The average molecular weight is 419 g/mol. The van der Waals surface area contributed by atoms with Crippen LogP contribution in [0.1, 0.15) is 38.6 Å². The molecule has 1 unspecified atom stereocenters. The molecule has 160 valence electrons. The molecule has 0 radical (unpaired) electrons. The van der Waals surface area contributed by atoms with Gasteiger partial charge in [-0.2, -0.15) is 0 Å². The summed E-state index contributed by atoms with van der Waals surface area (Å²) in [6.45, 7) is 3.96. The quantitative estimate of drug-likeness (QED) is 0.570. The van der Waals surface area contributed by atoms with Crippen molar-refractivity contribution in [2.45, 2.75) is 32.7 Å². The number of carbonyl (C=O) groups is 3. The Bertz CT molecular complexity index is 1100. The van der Waals surface area contributed by atoms with Gasteiger partial charge in [-0.05, 0) is 30.2 Å². The van der Waals surface area contributed by atoms with Gasteiger partial charge in [0.1, 0.15) is 12.4 Å². The average Bonchev–Trinajstić information content (AvgIpc) is 3.18. The number of para-hydroxylation sites is 4. The van der Waals surface area contributed by atoms with Gasteiger partial charge in [0, 0.05) is 12.8 Å². The Kier molecular flexibility index (Phi) is 5.70. The minimum absolute atomic E-state index is 0.0123. The standard InChI is InChI=1S/C23H25N5O3/c1-14(2)22(23-25-15-7-3-4-8-16(15)26-23)27-19(29)11-12-21(31)28-13-20(30)24-17-9-5-6-10-18(17)28/h3-10,14,22H,11-13H2,1-2H3,(H,24,30)(H,25,26)(H,27,29). The highest BCUT2D eigenvalue weighted by Crippen LogP contribution is 2.29. The van der Waals surface area contributed by atoms with Crippen LogP contribution in [0.5, 0.6) is 0 Å². The van der Waals surface area contributed by atoms with E-state index in [1.807, 2.05) is 44.2 Å². The van der Waals surface area contributed by atoms with Gasteiger partial charge in [-0.15, -0.1) is 0 Å². The topological polar surface area (TPSA) is 107 Å². The molecule has 0 bridgehead atoms. The van der Waals surface area contributed by atoms with E-state index in [0.717, 1.165) is 11.0 Å². The van der Waals surface area contributed by atoms with Crippen LogP contribution in [0.15, 0.2) is 48.5 Å². The molecule has 0 spiro atoms. The number of imidazole rings is 1. The second-order valence-corrected chi connectivity index (χ2v) is 7.97. The van der Waals surface area contributed by atoms with E-state index in [1.165, 1.54) is 4.90 Å². The van der Waals surface area contributed by atoms with E-state index >= 15 is 0 Å². The lowest BCUT2D eigenvalue weighted by molar-refractivity contribution is -0.126. The summed E-state index contributed by atoms with van der Waals surface area (Å²) >= 11 is 0. The molecule has 0 fully saturated rings. The van der Waals surface area contributed by atoms with Gasteiger partial charge >= 0.3 is 0 Å². The number of rotatable bonds is 6. The summed E-state index contributed by atoms with van der Waals surface area (Å²) in [5.41, 5.74) is 3.00. The van der Waals surface area contributed by atoms with Crippen LogP contribution in [0.25, 0.3) is 11.0 Å².